The first-order valence-electron chi connectivity index (χ1n) is 6.94. The van der Waals surface area contributed by atoms with Crippen LogP contribution < -0.4 is 5.32 Å². The molecule has 0 saturated carbocycles. The molecule has 0 unspecified atom stereocenters. The molecule has 1 aliphatic rings. The van der Waals surface area contributed by atoms with Gasteiger partial charge in [-0.05, 0) is 53.3 Å². The molecule has 1 N–H and O–H groups in total. The minimum absolute atomic E-state index is 0.290. The number of rotatable bonds is 2. The van der Waals surface area contributed by atoms with Gasteiger partial charge in [-0.3, -0.25) is 0 Å². The molecule has 0 atom stereocenters. The molecular formula is C14H17BrFN3O2S. The maximum Gasteiger partial charge on any atom is 0.409 e. The monoisotopic (exact) mass is 389 g/mol. The number of halogens is 2. The fourth-order valence-electron chi connectivity index (χ4n) is 2.09. The summed E-state index contributed by atoms with van der Waals surface area (Å²) in [4.78, 5) is 15.3. The lowest BCUT2D eigenvalue weighted by Crippen LogP contribution is -2.51. The Morgan fingerprint density at radius 3 is 2.59 bits per heavy atom. The van der Waals surface area contributed by atoms with Crippen molar-refractivity contribution in [3.8, 4) is 0 Å². The minimum atomic E-state index is -0.314. The van der Waals surface area contributed by atoms with E-state index in [0.29, 0.717) is 48.1 Å². The lowest BCUT2D eigenvalue weighted by atomic mass is 10.3. The Kier molecular flexibility index (Phi) is 5.96. The van der Waals surface area contributed by atoms with E-state index in [0.717, 1.165) is 0 Å². The van der Waals surface area contributed by atoms with Gasteiger partial charge in [0.1, 0.15) is 5.82 Å². The van der Waals surface area contributed by atoms with Gasteiger partial charge in [-0.25, -0.2) is 9.18 Å². The van der Waals surface area contributed by atoms with Gasteiger partial charge in [-0.2, -0.15) is 0 Å². The van der Waals surface area contributed by atoms with Gasteiger partial charge in [0, 0.05) is 30.7 Å². The van der Waals surface area contributed by atoms with Crippen molar-refractivity contribution in [2.75, 3.05) is 38.1 Å². The summed E-state index contributed by atoms with van der Waals surface area (Å²) < 4.78 is 18.7. The number of piperazine rings is 1. The molecule has 1 amide bonds. The summed E-state index contributed by atoms with van der Waals surface area (Å²) in [6, 6.07) is 4.37. The Morgan fingerprint density at radius 1 is 1.36 bits per heavy atom. The Balaban J connectivity index is 1.88. The Bertz CT molecular complexity index is 565. The third kappa shape index (κ3) is 4.30. The van der Waals surface area contributed by atoms with Gasteiger partial charge in [0.05, 0.1) is 12.3 Å². The molecule has 1 fully saturated rings. The number of hydrogen-bond acceptors (Lipinski definition) is 3. The first-order chi connectivity index (χ1) is 10.5. The number of ether oxygens (including phenoxy) is 1. The standard InChI is InChI=1S/C14H17BrFN3O2S/c1-2-21-14(20)19-7-5-18(6-8-19)13(22)17-12-4-3-10(16)9-11(12)15/h3-4,9H,2,5-8H2,1H3,(H,17,22). The van der Waals surface area contributed by atoms with Crippen molar-refractivity contribution in [2.24, 2.45) is 0 Å². The fourth-order valence-corrected chi connectivity index (χ4v) is 2.83. The van der Waals surface area contributed by atoms with Crippen molar-refractivity contribution in [1.82, 2.24) is 9.80 Å². The SMILES string of the molecule is CCOC(=O)N1CCN(C(=S)Nc2ccc(F)cc2Br)CC1. The van der Waals surface area contributed by atoms with Crippen molar-refractivity contribution in [1.29, 1.82) is 0 Å². The van der Waals surface area contributed by atoms with Gasteiger partial charge in [0.15, 0.2) is 5.11 Å². The number of thiocarbonyl (C=S) groups is 1. The first kappa shape index (κ1) is 17.0. The van der Waals surface area contributed by atoms with Gasteiger partial charge in [0.25, 0.3) is 0 Å². The summed E-state index contributed by atoms with van der Waals surface area (Å²) in [6.07, 6.45) is -0.290. The topological polar surface area (TPSA) is 44.8 Å². The normalized spacial score (nSPS) is 14.7. The molecule has 120 valence electrons. The van der Waals surface area contributed by atoms with Crippen LogP contribution in [0.4, 0.5) is 14.9 Å². The summed E-state index contributed by atoms with van der Waals surface area (Å²) in [5.41, 5.74) is 0.708. The lowest BCUT2D eigenvalue weighted by Gasteiger charge is -2.35. The van der Waals surface area contributed by atoms with Crippen LogP contribution in [0.1, 0.15) is 6.92 Å². The van der Waals surface area contributed by atoms with Crippen molar-refractivity contribution >= 4 is 45.0 Å². The highest BCUT2D eigenvalue weighted by molar-refractivity contribution is 9.10. The Labute approximate surface area is 142 Å². The second kappa shape index (κ2) is 7.73. The Morgan fingerprint density at radius 2 is 2.00 bits per heavy atom. The van der Waals surface area contributed by atoms with E-state index in [1.165, 1.54) is 12.1 Å². The van der Waals surface area contributed by atoms with Gasteiger partial charge in [0.2, 0.25) is 0 Å². The lowest BCUT2D eigenvalue weighted by molar-refractivity contribution is 0.0923. The van der Waals surface area contributed by atoms with Crippen molar-refractivity contribution in [2.45, 2.75) is 6.92 Å². The number of amides is 1. The number of anilines is 1. The molecule has 1 saturated heterocycles. The van der Waals surface area contributed by atoms with Crippen molar-refractivity contribution in [3.05, 3.63) is 28.5 Å². The van der Waals surface area contributed by atoms with Crippen LogP contribution in [-0.2, 0) is 4.74 Å². The summed E-state index contributed by atoms with van der Waals surface area (Å²) in [5, 5.41) is 3.64. The molecule has 0 radical (unpaired) electrons. The van der Waals surface area contributed by atoms with Gasteiger partial charge < -0.3 is 19.9 Å². The van der Waals surface area contributed by atoms with Crippen LogP contribution in [-0.4, -0.2) is 53.8 Å². The number of carbonyl (C=O) groups excluding carboxylic acids is 1. The van der Waals surface area contributed by atoms with E-state index < -0.39 is 0 Å². The summed E-state index contributed by atoms with van der Waals surface area (Å²) in [6.45, 7) is 4.54. The molecule has 1 heterocycles. The molecule has 5 nitrogen and oxygen atoms in total. The molecule has 1 aromatic rings. The van der Waals surface area contributed by atoms with Crippen molar-refractivity contribution < 1.29 is 13.9 Å². The van der Waals surface area contributed by atoms with E-state index in [9.17, 15) is 9.18 Å². The zero-order valence-corrected chi connectivity index (χ0v) is 14.5. The molecule has 0 spiro atoms. The van der Waals surface area contributed by atoms with Crippen LogP contribution in [0.25, 0.3) is 0 Å². The van der Waals surface area contributed by atoms with Crippen molar-refractivity contribution in [3.63, 3.8) is 0 Å². The van der Waals surface area contributed by atoms with Crippen LogP contribution in [0.5, 0.6) is 0 Å². The number of nitrogens with zero attached hydrogens (tertiary/aromatic N) is 2. The smallest absolute Gasteiger partial charge is 0.409 e. The molecular weight excluding hydrogens is 373 g/mol. The second-order valence-electron chi connectivity index (χ2n) is 4.73. The molecule has 0 aromatic heterocycles. The molecule has 22 heavy (non-hydrogen) atoms. The predicted octanol–water partition coefficient (Wildman–Crippen LogP) is 3.06. The van der Waals surface area contributed by atoms with Gasteiger partial charge in [-0.15, -0.1) is 0 Å². The average molecular weight is 390 g/mol. The van der Waals surface area contributed by atoms with Gasteiger partial charge in [-0.1, -0.05) is 0 Å². The van der Waals surface area contributed by atoms with E-state index in [1.54, 1.807) is 17.9 Å². The van der Waals surface area contributed by atoms with Crippen LogP contribution in [0, 0.1) is 5.82 Å². The molecule has 1 aromatic carbocycles. The van der Waals surface area contributed by atoms with E-state index in [-0.39, 0.29) is 11.9 Å². The second-order valence-corrected chi connectivity index (χ2v) is 5.97. The zero-order valence-electron chi connectivity index (χ0n) is 12.1. The van der Waals surface area contributed by atoms with Crippen LogP contribution in [0.3, 0.4) is 0 Å². The highest BCUT2D eigenvalue weighted by Crippen LogP contribution is 2.23. The third-order valence-electron chi connectivity index (χ3n) is 3.27. The maximum absolute atomic E-state index is 13.1. The van der Waals surface area contributed by atoms with E-state index in [4.69, 9.17) is 17.0 Å². The zero-order chi connectivity index (χ0) is 16.1. The quantitative estimate of drug-likeness (QED) is 0.787. The fraction of sp³-hybridized carbons (Fsp3) is 0.429. The molecule has 0 aliphatic carbocycles. The summed E-state index contributed by atoms with van der Waals surface area (Å²) in [5.74, 6) is -0.314. The van der Waals surface area contributed by atoms with Crippen LogP contribution in [0.15, 0.2) is 22.7 Å². The predicted molar refractivity (Wildman–Crippen MR) is 90.5 cm³/mol. The first-order valence-corrected chi connectivity index (χ1v) is 8.14. The summed E-state index contributed by atoms with van der Waals surface area (Å²) >= 11 is 8.66. The highest BCUT2D eigenvalue weighted by atomic mass is 79.9. The van der Waals surface area contributed by atoms with Gasteiger partial charge >= 0.3 is 6.09 Å². The number of nitrogens with one attached hydrogen (secondary N) is 1. The molecule has 2 rings (SSSR count). The number of hydrogen-bond donors (Lipinski definition) is 1. The van der Waals surface area contributed by atoms with Crippen LogP contribution in [0.2, 0.25) is 0 Å². The average Bonchev–Trinajstić information content (AvgIpc) is 2.50. The molecule has 1 aliphatic heterocycles. The molecule has 8 heteroatoms. The Hall–Kier alpha value is -1.41. The highest BCUT2D eigenvalue weighted by Gasteiger charge is 2.23. The maximum atomic E-state index is 13.1. The van der Waals surface area contributed by atoms with E-state index >= 15 is 0 Å². The largest absolute Gasteiger partial charge is 0.450 e. The molecule has 0 bridgehead atoms. The minimum Gasteiger partial charge on any atom is -0.450 e. The third-order valence-corrected chi connectivity index (χ3v) is 4.28. The number of carbonyl (C=O) groups is 1. The van der Waals surface area contributed by atoms with E-state index in [1.807, 2.05) is 4.90 Å². The summed E-state index contributed by atoms with van der Waals surface area (Å²) in [7, 11) is 0. The number of benzene rings is 1. The van der Waals surface area contributed by atoms with Crippen LogP contribution >= 0.6 is 28.1 Å². The van der Waals surface area contributed by atoms with E-state index in [2.05, 4.69) is 21.2 Å².